The molecule has 0 fully saturated rings. The van der Waals surface area contributed by atoms with E-state index in [-0.39, 0.29) is 26.3 Å². The molecule has 3 aromatic carbocycles. The van der Waals surface area contributed by atoms with Gasteiger partial charge in [-0.1, -0.05) is 40.9 Å². The highest BCUT2D eigenvalue weighted by Crippen LogP contribution is 2.34. The van der Waals surface area contributed by atoms with Crippen LogP contribution >= 0.6 is 34.8 Å². The van der Waals surface area contributed by atoms with Gasteiger partial charge in [0.2, 0.25) is 5.91 Å². The molecule has 0 aliphatic rings. The highest BCUT2D eigenvalue weighted by atomic mass is 35.5. The maximum atomic E-state index is 13.3. The van der Waals surface area contributed by atoms with Crippen molar-refractivity contribution in [2.75, 3.05) is 16.2 Å². The lowest BCUT2D eigenvalue weighted by Gasteiger charge is -2.24. The number of nitrogens with one attached hydrogen (secondary N) is 1. The minimum atomic E-state index is -4.66. The molecule has 0 spiro atoms. The number of anilines is 2. The molecule has 0 aliphatic heterocycles. The van der Waals surface area contributed by atoms with E-state index in [0.717, 1.165) is 16.4 Å². The van der Waals surface area contributed by atoms with Gasteiger partial charge in [0.1, 0.15) is 6.54 Å². The standard InChI is InChI=1S/C21H14Cl3F3N2O3S/c22-14-5-7-17(8-6-14)33(31,32)29(16-3-1-2-15(23)11-16)12-20(30)28-19-10-13(21(25,26)27)4-9-18(19)24/h1-11H,12H2,(H,28,30). The van der Waals surface area contributed by atoms with Crippen molar-refractivity contribution in [2.45, 2.75) is 11.1 Å². The Morgan fingerprint density at radius 3 is 2.18 bits per heavy atom. The van der Waals surface area contributed by atoms with Gasteiger partial charge in [0.15, 0.2) is 0 Å². The Hall–Kier alpha value is -2.46. The van der Waals surface area contributed by atoms with Crippen LogP contribution in [0, 0.1) is 0 Å². The summed E-state index contributed by atoms with van der Waals surface area (Å²) in [7, 11) is -4.27. The molecule has 5 nitrogen and oxygen atoms in total. The monoisotopic (exact) mass is 536 g/mol. The van der Waals surface area contributed by atoms with Gasteiger partial charge in [0.05, 0.1) is 26.9 Å². The predicted octanol–water partition coefficient (Wildman–Crippen LogP) is 6.50. The molecular weight excluding hydrogens is 524 g/mol. The van der Waals surface area contributed by atoms with Crippen LogP contribution < -0.4 is 9.62 Å². The SMILES string of the molecule is O=C(CN(c1cccc(Cl)c1)S(=O)(=O)c1ccc(Cl)cc1)Nc1cc(C(F)(F)F)ccc1Cl. The Labute approximate surface area is 202 Å². The second-order valence-corrected chi connectivity index (χ2v) is 9.83. The maximum absolute atomic E-state index is 13.3. The number of carbonyl (C=O) groups is 1. The van der Waals surface area contributed by atoms with E-state index in [0.29, 0.717) is 11.1 Å². The van der Waals surface area contributed by atoms with Crippen LogP contribution in [0.15, 0.2) is 71.6 Å². The van der Waals surface area contributed by atoms with E-state index in [4.69, 9.17) is 34.8 Å². The molecule has 0 bridgehead atoms. The Morgan fingerprint density at radius 2 is 1.58 bits per heavy atom. The first-order chi connectivity index (χ1) is 15.4. The van der Waals surface area contributed by atoms with Crippen LogP contribution in [0.5, 0.6) is 0 Å². The van der Waals surface area contributed by atoms with Gasteiger partial charge in [-0.15, -0.1) is 0 Å². The van der Waals surface area contributed by atoms with Crippen molar-refractivity contribution in [3.63, 3.8) is 0 Å². The van der Waals surface area contributed by atoms with Crippen LogP contribution in [0.25, 0.3) is 0 Å². The van der Waals surface area contributed by atoms with Gasteiger partial charge in [-0.3, -0.25) is 9.10 Å². The molecule has 0 atom stereocenters. The summed E-state index contributed by atoms with van der Waals surface area (Å²) in [6.45, 7) is -0.766. The van der Waals surface area contributed by atoms with E-state index in [1.165, 1.54) is 48.5 Å². The number of carbonyl (C=O) groups excluding carboxylic acids is 1. The van der Waals surface area contributed by atoms with Crippen molar-refractivity contribution in [1.29, 1.82) is 0 Å². The van der Waals surface area contributed by atoms with Crippen LogP contribution in [-0.2, 0) is 21.0 Å². The molecule has 1 amide bonds. The summed E-state index contributed by atoms with van der Waals surface area (Å²) in [5, 5.41) is 2.61. The normalized spacial score (nSPS) is 11.8. The van der Waals surface area contributed by atoms with E-state index in [1.54, 1.807) is 0 Å². The van der Waals surface area contributed by atoms with Crippen LogP contribution in [0.3, 0.4) is 0 Å². The van der Waals surface area contributed by atoms with Crippen molar-refractivity contribution in [2.24, 2.45) is 0 Å². The minimum Gasteiger partial charge on any atom is -0.323 e. The number of rotatable bonds is 6. The fourth-order valence-electron chi connectivity index (χ4n) is 2.80. The summed E-state index contributed by atoms with van der Waals surface area (Å²) in [5.41, 5.74) is -1.27. The lowest BCUT2D eigenvalue weighted by atomic mass is 10.2. The number of alkyl halides is 3. The first-order valence-electron chi connectivity index (χ1n) is 9.08. The largest absolute Gasteiger partial charge is 0.416 e. The average Bonchev–Trinajstić information content (AvgIpc) is 2.73. The third kappa shape index (κ3) is 6.11. The van der Waals surface area contributed by atoms with E-state index in [9.17, 15) is 26.4 Å². The number of sulfonamides is 1. The predicted molar refractivity (Wildman–Crippen MR) is 123 cm³/mol. The molecule has 0 aliphatic carbocycles. The second-order valence-electron chi connectivity index (χ2n) is 6.69. The molecule has 12 heteroatoms. The topological polar surface area (TPSA) is 66.5 Å². The van der Waals surface area contributed by atoms with Crippen molar-refractivity contribution in [3.05, 3.63) is 87.4 Å². The zero-order chi connectivity index (χ0) is 24.4. The summed E-state index contributed by atoms with van der Waals surface area (Å²) in [6.07, 6.45) is -4.66. The van der Waals surface area contributed by atoms with Gasteiger partial charge in [0, 0.05) is 10.0 Å². The molecule has 3 aromatic rings. The smallest absolute Gasteiger partial charge is 0.323 e. The second kappa shape index (κ2) is 9.80. The molecular formula is C21H14Cl3F3N2O3S. The van der Waals surface area contributed by atoms with Gasteiger partial charge in [0.25, 0.3) is 10.0 Å². The maximum Gasteiger partial charge on any atom is 0.416 e. The molecule has 0 radical (unpaired) electrons. The van der Waals surface area contributed by atoms with Crippen LogP contribution in [0.2, 0.25) is 15.1 Å². The van der Waals surface area contributed by atoms with Crippen molar-refractivity contribution < 1.29 is 26.4 Å². The average molecular weight is 538 g/mol. The zero-order valence-electron chi connectivity index (χ0n) is 16.4. The van der Waals surface area contributed by atoms with Gasteiger partial charge in [-0.2, -0.15) is 13.2 Å². The van der Waals surface area contributed by atoms with Crippen molar-refractivity contribution in [3.8, 4) is 0 Å². The third-order valence-electron chi connectivity index (χ3n) is 4.35. The highest BCUT2D eigenvalue weighted by molar-refractivity contribution is 7.92. The van der Waals surface area contributed by atoms with Crippen molar-refractivity contribution >= 4 is 62.1 Å². The van der Waals surface area contributed by atoms with Gasteiger partial charge >= 0.3 is 6.18 Å². The fourth-order valence-corrected chi connectivity index (χ4v) is 4.69. The lowest BCUT2D eigenvalue weighted by Crippen LogP contribution is -2.38. The fraction of sp³-hybridized carbons (Fsp3) is 0.0952. The quantitative estimate of drug-likeness (QED) is 0.390. The summed E-state index contributed by atoms with van der Waals surface area (Å²) in [4.78, 5) is 12.6. The molecule has 0 heterocycles. The summed E-state index contributed by atoms with van der Waals surface area (Å²) < 4.78 is 66.4. The first kappa shape index (κ1) is 25.2. The van der Waals surface area contributed by atoms with E-state index in [2.05, 4.69) is 5.32 Å². The third-order valence-corrected chi connectivity index (χ3v) is 6.96. The van der Waals surface area contributed by atoms with Gasteiger partial charge in [-0.05, 0) is 60.7 Å². The molecule has 0 saturated heterocycles. The summed E-state index contributed by atoms with van der Waals surface area (Å²) >= 11 is 17.7. The summed E-state index contributed by atoms with van der Waals surface area (Å²) in [5.74, 6) is -0.922. The minimum absolute atomic E-state index is 0.0720. The number of amides is 1. The highest BCUT2D eigenvalue weighted by Gasteiger charge is 2.32. The Bertz CT molecular complexity index is 1280. The van der Waals surface area contributed by atoms with Crippen LogP contribution in [0.4, 0.5) is 24.5 Å². The molecule has 1 N–H and O–H groups in total. The number of nitrogens with zero attached hydrogens (tertiary/aromatic N) is 1. The number of halogens is 6. The Kier molecular flexibility index (Phi) is 7.48. The first-order valence-corrected chi connectivity index (χ1v) is 11.7. The van der Waals surface area contributed by atoms with E-state index in [1.807, 2.05) is 0 Å². The molecule has 33 heavy (non-hydrogen) atoms. The van der Waals surface area contributed by atoms with E-state index < -0.39 is 34.2 Å². The number of hydrogen-bond donors (Lipinski definition) is 1. The Balaban J connectivity index is 1.96. The van der Waals surface area contributed by atoms with Gasteiger partial charge < -0.3 is 5.32 Å². The molecule has 174 valence electrons. The molecule has 0 aromatic heterocycles. The lowest BCUT2D eigenvalue weighted by molar-refractivity contribution is -0.137. The zero-order valence-corrected chi connectivity index (χ0v) is 19.5. The van der Waals surface area contributed by atoms with Gasteiger partial charge in [-0.25, -0.2) is 8.42 Å². The summed E-state index contributed by atoms with van der Waals surface area (Å²) in [6, 6.07) is 13.4. The molecule has 0 saturated carbocycles. The van der Waals surface area contributed by atoms with Crippen molar-refractivity contribution in [1.82, 2.24) is 0 Å². The molecule has 0 unspecified atom stereocenters. The van der Waals surface area contributed by atoms with Crippen LogP contribution in [-0.4, -0.2) is 20.9 Å². The van der Waals surface area contributed by atoms with Crippen LogP contribution in [0.1, 0.15) is 5.56 Å². The van der Waals surface area contributed by atoms with E-state index >= 15 is 0 Å². The molecule has 3 rings (SSSR count). The number of benzene rings is 3. The Morgan fingerprint density at radius 1 is 0.909 bits per heavy atom. The number of hydrogen-bond acceptors (Lipinski definition) is 3.